The Morgan fingerprint density at radius 3 is 2.64 bits per heavy atom. The van der Waals surface area contributed by atoms with Gasteiger partial charge in [0.25, 0.3) is 5.69 Å². The highest BCUT2D eigenvalue weighted by atomic mass is 16.6. The van der Waals surface area contributed by atoms with E-state index in [-0.39, 0.29) is 17.9 Å². The Morgan fingerprint density at radius 1 is 1.40 bits per heavy atom. The Labute approximate surface area is 142 Å². The second kappa shape index (κ2) is 6.68. The predicted molar refractivity (Wildman–Crippen MR) is 87.0 cm³/mol. The van der Waals surface area contributed by atoms with Crippen LogP contribution in [0.3, 0.4) is 0 Å². The highest BCUT2D eigenvalue weighted by molar-refractivity contribution is 5.93. The molecule has 0 amide bonds. The molecule has 1 aliphatic rings. The van der Waals surface area contributed by atoms with Gasteiger partial charge in [-0.3, -0.25) is 14.9 Å². The van der Waals surface area contributed by atoms with E-state index in [0.29, 0.717) is 11.4 Å². The molecule has 0 radical (unpaired) electrons. The van der Waals surface area contributed by atoms with E-state index in [1.165, 1.54) is 24.4 Å². The van der Waals surface area contributed by atoms with Crippen molar-refractivity contribution in [3.8, 4) is 0 Å². The number of non-ortho nitro benzene ring substituents is 1. The van der Waals surface area contributed by atoms with Crippen molar-refractivity contribution in [2.75, 3.05) is 0 Å². The van der Waals surface area contributed by atoms with Gasteiger partial charge >= 0.3 is 5.97 Å². The third-order valence-electron chi connectivity index (χ3n) is 4.08. The molecule has 2 aromatic rings. The van der Waals surface area contributed by atoms with Crippen molar-refractivity contribution in [2.24, 2.45) is 7.05 Å². The number of carbonyl (C=O) groups excluding carboxylic acids is 2. The number of nitro groups is 1. The van der Waals surface area contributed by atoms with Crippen LogP contribution in [-0.2, 0) is 16.6 Å². The summed E-state index contributed by atoms with van der Waals surface area (Å²) >= 11 is 0. The average molecular weight is 341 g/mol. The van der Waals surface area contributed by atoms with Crippen LogP contribution in [0.2, 0.25) is 0 Å². The van der Waals surface area contributed by atoms with Crippen molar-refractivity contribution < 1.29 is 19.2 Å². The van der Waals surface area contributed by atoms with Gasteiger partial charge in [0.1, 0.15) is 6.10 Å². The number of hydrogen-bond acceptors (Lipinski definition) is 6. The van der Waals surface area contributed by atoms with Gasteiger partial charge in [0.05, 0.1) is 4.92 Å². The quantitative estimate of drug-likeness (QED) is 0.345. The Balaban J connectivity index is 1.88. The van der Waals surface area contributed by atoms with Crippen LogP contribution in [0.1, 0.15) is 28.5 Å². The van der Waals surface area contributed by atoms with E-state index in [2.05, 4.69) is 4.98 Å². The number of ether oxygens (including phenoxy) is 1. The standard InChI is InChI=1S/C17H15N3O5/c1-19-9-8-18-17(19)14(21)10-13(15-6-7-16(22)25-15)11-2-4-12(5-3-11)20(23)24/h2-9,13,15H,10H2,1H3/t13-,15-/m1/s1. The number of aromatic nitrogens is 2. The Hall–Kier alpha value is -3.29. The van der Waals surface area contributed by atoms with Crippen molar-refractivity contribution in [1.29, 1.82) is 0 Å². The molecule has 0 aliphatic carbocycles. The van der Waals surface area contributed by atoms with E-state index >= 15 is 0 Å². The maximum absolute atomic E-state index is 12.6. The summed E-state index contributed by atoms with van der Waals surface area (Å²) in [6, 6.07) is 5.89. The van der Waals surface area contributed by atoms with E-state index in [1.807, 2.05) is 0 Å². The minimum Gasteiger partial charge on any atom is -0.454 e. The summed E-state index contributed by atoms with van der Waals surface area (Å²) in [4.78, 5) is 38.3. The van der Waals surface area contributed by atoms with E-state index in [1.54, 1.807) is 36.0 Å². The summed E-state index contributed by atoms with van der Waals surface area (Å²) in [6.07, 6.45) is 5.57. The first-order valence-corrected chi connectivity index (χ1v) is 7.59. The van der Waals surface area contributed by atoms with Crippen LogP contribution in [0.15, 0.2) is 48.8 Å². The van der Waals surface area contributed by atoms with Gasteiger partial charge in [-0.1, -0.05) is 12.1 Å². The number of benzene rings is 1. The smallest absolute Gasteiger partial charge is 0.331 e. The topological polar surface area (TPSA) is 104 Å². The fourth-order valence-electron chi connectivity index (χ4n) is 2.79. The first-order valence-electron chi connectivity index (χ1n) is 7.59. The minimum absolute atomic E-state index is 0.0445. The third-order valence-corrected chi connectivity index (χ3v) is 4.08. The second-order valence-electron chi connectivity index (χ2n) is 5.70. The molecular formula is C17H15N3O5. The molecule has 2 atom stereocenters. The zero-order valence-corrected chi connectivity index (χ0v) is 13.4. The lowest BCUT2D eigenvalue weighted by Crippen LogP contribution is -2.23. The van der Waals surface area contributed by atoms with Crippen LogP contribution < -0.4 is 0 Å². The largest absolute Gasteiger partial charge is 0.454 e. The Morgan fingerprint density at radius 2 is 2.12 bits per heavy atom. The number of aryl methyl sites for hydroxylation is 1. The molecule has 3 rings (SSSR count). The molecule has 1 aromatic heterocycles. The van der Waals surface area contributed by atoms with Gasteiger partial charge in [-0.25, -0.2) is 9.78 Å². The van der Waals surface area contributed by atoms with Crippen molar-refractivity contribution >= 4 is 17.4 Å². The number of nitro benzene ring substituents is 1. The maximum atomic E-state index is 12.6. The highest BCUT2D eigenvalue weighted by Crippen LogP contribution is 2.31. The predicted octanol–water partition coefficient (Wildman–Crippen LogP) is 2.17. The summed E-state index contributed by atoms with van der Waals surface area (Å²) in [5.74, 6) is -0.818. The van der Waals surface area contributed by atoms with Crippen molar-refractivity contribution in [2.45, 2.75) is 18.4 Å². The van der Waals surface area contributed by atoms with Crippen molar-refractivity contribution in [1.82, 2.24) is 9.55 Å². The molecule has 25 heavy (non-hydrogen) atoms. The maximum Gasteiger partial charge on any atom is 0.331 e. The van der Waals surface area contributed by atoms with Gasteiger partial charge in [0.2, 0.25) is 0 Å². The fourth-order valence-corrected chi connectivity index (χ4v) is 2.79. The molecule has 0 saturated carbocycles. The van der Waals surface area contributed by atoms with Gasteiger partial charge in [-0.15, -0.1) is 0 Å². The third kappa shape index (κ3) is 3.47. The second-order valence-corrected chi connectivity index (χ2v) is 5.70. The van der Waals surface area contributed by atoms with Gasteiger partial charge < -0.3 is 9.30 Å². The first kappa shape index (κ1) is 16.6. The molecule has 0 spiro atoms. The zero-order valence-electron chi connectivity index (χ0n) is 13.4. The summed E-state index contributed by atoms with van der Waals surface area (Å²) < 4.78 is 6.86. The number of carbonyl (C=O) groups is 2. The zero-order chi connectivity index (χ0) is 18.0. The normalized spacial score (nSPS) is 17.3. The highest BCUT2D eigenvalue weighted by Gasteiger charge is 2.31. The molecule has 1 aliphatic heterocycles. The molecule has 2 heterocycles. The summed E-state index contributed by atoms with van der Waals surface area (Å²) in [7, 11) is 1.72. The number of imidazole rings is 1. The Kier molecular flexibility index (Phi) is 4.42. The summed E-state index contributed by atoms with van der Waals surface area (Å²) in [6.45, 7) is 0. The van der Waals surface area contributed by atoms with Crippen LogP contribution in [0.5, 0.6) is 0 Å². The van der Waals surface area contributed by atoms with Crippen molar-refractivity contribution in [3.05, 3.63) is 70.3 Å². The summed E-state index contributed by atoms with van der Waals surface area (Å²) in [5, 5.41) is 10.8. The number of nitrogens with zero attached hydrogens (tertiary/aromatic N) is 3. The molecule has 0 N–H and O–H groups in total. The summed E-state index contributed by atoms with van der Waals surface area (Å²) in [5.41, 5.74) is 0.634. The molecule has 0 bridgehead atoms. The lowest BCUT2D eigenvalue weighted by molar-refractivity contribution is -0.384. The number of cyclic esters (lactones) is 1. The van der Waals surface area contributed by atoms with E-state index in [4.69, 9.17) is 4.74 Å². The van der Waals surface area contributed by atoms with Crippen LogP contribution in [0, 0.1) is 10.1 Å². The minimum atomic E-state index is -0.599. The molecule has 0 unspecified atom stereocenters. The Bertz CT molecular complexity index is 853. The van der Waals surface area contributed by atoms with Gasteiger partial charge in [0, 0.05) is 50.0 Å². The van der Waals surface area contributed by atoms with Crippen molar-refractivity contribution in [3.63, 3.8) is 0 Å². The van der Waals surface area contributed by atoms with E-state index in [9.17, 15) is 19.7 Å². The molecule has 128 valence electrons. The van der Waals surface area contributed by atoms with Crippen LogP contribution >= 0.6 is 0 Å². The number of rotatable bonds is 6. The number of Topliss-reactive ketones (excluding diaryl/α,β-unsaturated/α-hetero) is 1. The molecule has 8 nitrogen and oxygen atoms in total. The van der Waals surface area contributed by atoms with Gasteiger partial charge in [0.15, 0.2) is 11.6 Å². The lowest BCUT2D eigenvalue weighted by atomic mass is 9.88. The SMILES string of the molecule is Cn1ccnc1C(=O)C[C@H](c1ccc([N+](=O)[O-])cc1)[C@H]1C=CC(=O)O1. The monoisotopic (exact) mass is 341 g/mol. The molecular weight excluding hydrogens is 326 g/mol. The van der Waals surface area contributed by atoms with Gasteiger partial charge in [-0.05, 0) is 11.6 Å². The lowest BCUT2D eigenvalue weighted by Gasteiger charge is -2.21. The van der Waals surface area contributed by atoms with Crippen LogP contribution in [0.4, 0.5) is 5.69 Å². The molecule has 1 aromatic carbocycles. The van der Waals surface area contributed by atoms with Crippen LogP contribution in [0.25, 0.3) is 0 Å². The molecule has 0 saturated heterocycles. The van der Waals surface area contributed by atoms with Crippen LogP contribution in [-0.4, -0.2) is 32.3 Å². The molecule has 0 fully saturated rings. The van der Waals surface area contributed by atoms with E-state index < -0.39 is 22.9 Å². The number of hydrogen-bond donors (Lipinski definition) is 0. The first-order chi connectivity index (χ1) is 12.0. The molecule has 8 heteroatoms. The number of ketones is 1. The van der Waals surface area contributed by atoms with E-state index in [0.717, 1.165) is 0 Å². The van der Waals surface area contributed by atoms with Gasteiger partial charge in [-0.2, -0.15) is 0 Å². The number of esters is 1. The fraction of sp³-hybridized carbons (Fsp3) is 0.235. The average Bonchev–Trinajstić information content (AvgIpc) is 3.21.